The number of ether oxygens (including phenoxy) is 1. The van der Waals surface area contributed by atoms with E-state index in [0.717, 1.165) is 22.4 Å². The SMILES string of the molecule is CN1C(C(=O)NC(Cc2ccc(OCc3ccccc3)cc2)C(=O)O)C=C2N=CC=C(c3ccc(Cl)cc3)N21. The minimum Gasteiger partial charge on any atom is -0.489 e. The third-order valence-corrected chi connectivity index (χ3v) is 6.80. The number of benzene rings is 3. The number of halogens is 1. The molecule has 3 aromatic rings. The summed E-state index contributed by atoms with van der Waals surface area (Å²) in [6.45, 7) is 0.439. The molecule has 0 aliphatic carbocycles. The number of amides is 1. The van der Waals surface area contributed by atoms with E-state index in [1.807, 2.05) is 65.7 Å². The van der Waals surface area contributed by atoms with Crippen LogP contribution < -0.4 is 10.1 Å². The molecule has 0 bridgehead atoms. The molecule has 8 nitrogen and oxygen atoms in total. The van der Waals surface area contributed by atoms with Crippen LogP contribution in [0.1, 0.15) is 16.7 Å². The maximum absolute atomic E-state index is 13.3. The molecule has 0 spiro atoms. The molecule has 0 radical (unpaired) electrons. The number of likely N-dealkylation sites (N-methyl/N-ethyl adjacent to an activating group) is 1. The Kier molecular flexibility index (Phi) is 7.76. The zero-order valence-corrected chi connectivity index (χ0v) is 22.0. The van der Waals surface area contributed by atoms with Crippen molar-refractivity contribution >= 4 is 35.4 Å². The Balaban J connectivity index is 1.23. The van der Waals surface area contributed by atoms with Gasteiger partial charge in [0.15, 0.2) is 0 Å². The van der Waals surface area contributed by atoms with Crippen molar-refractivity contribution in [3.05, 3.63) is 119 Å². The fraction of sp³-hybridized carbons (Fsp3) is 0.167. The monoisotopic (exact) mass is 542 g/mol. The second-order valence-electron chi connectivity index (χ2n) is 9.21. The highest BCUT2D eigenvalue weighted by Gasteiger charge is 2.38. The number of hydrogen-bond acceptors (Lipinski definition) is 6. The summed E-state index contributed by atoms with van der Waals surface area (Å²) in [6, 6.07) is 22.6. The van der Waals surface area contributed by atoms with Gasteiger partial charge in [-0.1, -0.05) is 66.2 Å². The number of carboxylic acids is 1. The van der Waals surface area contributed by atoms with Crippen LogP contribution in [-0.4, -0.2) is 52.3 Å². The van der Waals surface area contributed by atoms with Crippen molar-refractivity contribution in [3.63, 3.8) is 0 Å². The lowest BCUT2D eigenvalue weighted by Crippen LogP contribution is -2.51. The van der Waals surface area contributed by atoms with E-state index in [1.165, 1.54) is 0 Å². The summed E-state index contributed by atoms with van der Waals surface area (Å²) >= 11 is 6.04. The fourth-order valence-corrected chi connectivity index (χ4v) is 4.62. The van der Waals surface area contributed by atoms with Gasteiger partial charge in [-0.25, -0.2) is 14.8 Å². The molecule has 1 amide bonds. The number of aliphatic imine (C=N–C) groups is 1. The van der Waals surface area contributed by atoms with Gasteiger partial charge >= 0.3 is 5.97 Å². The molecule has 2 aliphatic heterocycles. The summed E-state index contributed by atoms with van der Waals surface area (Å²) in [5.41, 5.74) is 3.56. The number of aliphatic carboxylic acids is 1. The van der Waals surface area contributed by atoms with E-state index in [1.54, 1.807) is 48.6 Å². The number of carboxylic acid groups (broad SMARTS) is 1. The predicted molar refractivity (Wildman–Crippen MR) is 150 cm³/mol. The van der Waals surface area contributed by atoms with Gasteiger partial charge in [0.05, 0.1) is 5.70 Å². The van der Waals surface area contributed by atoms with Gasteiger partial charge in [-0.3, -0.25) is 9.80 Å². The van der Waals surface area contributed by atoms with Gasteiger partial charge < -0.3 is 15.2 Å². The van der Waals surface area contributed by atoms with Gasteiger partial charge in [0.1, 0.15) is 30.3 Å². The average molecular weight is 543 g/mol. The molecule has 5 rings (SSSR count). The highest BCUT2D eigenvalue weighted by atomic mass is 35.5. The van der Waals surface area contributed by atoms with E-state index >= 15 is 0 Å². The van der Waals surface area contributed by atoms with Crippen molar-refractivity contribution in [1.82, 2.24) is 15.3 Å². The molecule has 3 aromatic carbocycles. The summed E-state index contributed by atoms with van der Waals surface area (Å²) in [4.78, 5) is 29.7. The Labute approximate surface area is 231 Å². The van der Waals surface area contributed by atoms with Gasteiger partial charge in [0.25, 0.3) is 0 Å². The zero-order chi connectivity index (χ0) is 27.4. The number of nitrogens with zero attached hydrogens (tertiary/aromatic N) is 3. The van der Waals surface area contributed by atoms with Crippen LogP contribution in [0.2, 0.25) is 5.02 Å². The summed E-state index contributed by atoms with van der Waals surface area (Å²) in [7, 11) is 1.77. The average Bonchev–Trinajstić information content (AvgIpc) is 3.30. The maximum atomic E-state index is 13.3. The van der Waals surface area contributed by atoms with Crippen LogP contribution in [0.3, 0.4) is 0 Å². The summed E-state index contributed by atoms with van der Waals surface area (Å²) in [5, 5.41) is 16.7. The second kappa shape index (κ2) is 11.6. The first-order chi connectivity index (χ1) is 18.9. The number of allylic oxidation sites excluding steroid dienone is 1. The standard InChI is InChI=1S/C30H27ClN4O4/c1-34-27(18-28-32-16-15-26(35(28)34)22-9-11-23(31)12-10-22)29(36)33-25(30(37)38)17-20-7-13-24(14-8-20)39-19-21-5-3-2-4-6-21/h2-16,18,25,27H,17,19H2,1H3,(H,33,36)(H,37,38). The molecule has 2 unspecified atom stereocenters. The number of nitrogens with one attached hydrogen (secondary N) is 1. The maximum Gasteiger partial charge on any atom is 0.326 e. The highest BCUT2D eigenvalue weighted by Crippen LogP contribution is 2.34. The number of carbonyl (C=O) groups excluding carboxylic acids is 1. The van der Waals surface area contributed by atoms with Crippen molar-refractivity contribution in [2.24, 2.45) is 4.99 Å². The van der Waals surface area contributed by atoms with Crippen LogP contribution in [0, 0.1) is 0 Å². The number of fused-ring (bicyclic) bond motifs is 1. The van der Waals surface area contributed by atoms with Gasteiger partial charge in [-0.15, -0.1) is 0 Å². The first-order valence-electron chi connectivity index (χ1n) is 12.4. The molecule has 0 aromatic heterocycles. The molecule has 9 heteroatoms. The van der Waals surface area contributed by atoms with Crippen LogP contribution in [0.4, 0.5) is 0 Å². The zero-order valence-electron chi connectivity index (χ0n) is 21.2. The Bertz CT molecular complexity index is 1440. The quantitative estimate of drug-likeness (QED) is 0.412. The van der Waals surface area contributed by atoms with Crippen LogP contribution in [0.15, 0.2) is 102 Å². The summed E-state index contributed by atoms with van der Waals surface area (Å²) in [5.74, 6) is -0.277. The molecule has 0 fully saturated rings. The van der Waals surface area contributed by atoms with Gasteiger partial charge in [-0.2, -0.15) is 0 Å². The Hall–Kier alpha value is -4.40. The third-order valence-electron chi connectivity index (χ3n) is 6.54. The van der Waals surface area contributed by atoms with E-state index in [0.29, 0.717) is 23.2 Å². The molecule has 2 aliphatic rings. The predicted octanol–water partition coefficient (Wildman–Crippen LogP) is 4.53. The molecule has 0 saturated carbocycles. The molecule has 0 saturated heterocycles. The van der Waals surface area contributed by atoms with Crippen LogP contribution in [-0.2, 0) is 22.6 Å². The minimum atomic E-state index is -1.11. The molecular weight excluding hydrogens is 516 g/mol. The van der Waals surface area contributed by atoms with Crippen LogP contribution >= 0.6 is 11.6 Å². The molecule has 198 valence electrons. The Morgan fingerprint density at radius 2 is 1.74 bits per heavy atom. The van der Waals surface area contributed by atoms with E-state index in [2.05, 4.69) is 10.3 Å². The molecule has 2 atom stereocenters. The van der Waals surface area contributed by atoms with Crippen LogP contribution in [0.5, 0.6) is 5.75 Å². The lowest BCUT2D eigenvalue weighted by molar-refractivity contribution is -0.142. The number of hydrogen-bond donors (Lipinski definition) is 2. The van der Waals surface area contributed by atoms with Crippen molar-refractivity contribution in [1.29, 1.82) is 0 Å². The first kappa shape index (κ1) is 26.2. The topological polar surface area (TPSA) is 94.5 Å². The van der Waals surface area contributed by atoms with E-state index in [9.17, 15) is 14.7 Å². The molecule has 39 heavy (non-hydrogen) atoms. The number of carbonyl (C=O) groups is 2. The number of hydrazine groups is 1. The molecule has 2 heterocycles. The minimum absolute atomic E-state index is 0.130. The number of rotatable bonds is 9. The fourth-order valence-electron chi connectivity index (χ4n) is 4.49. The van der Waals surface area contributed by atoms with Crippen molar-refractivity contribution in [2.75, 3.05) is 7.05 Å². The molecular formula is C30H27ClN4O4. The highest BCUT2D eigenvalue weighted by molar-refractivity contribution is 6.30. The first-order valence-corrected chi connectivity index (χ1v) is 12.8. The Morgan fingerprint density at radius 3 is 2.44 bits per heavy atom. The molecule has 2 N–H and O–H groups in total. The van der Waals surface area contributed by atoms with E-state index in [4.69, 9.17) is 16.3 Å². The summed E-state index contributed by atoms with van der Waals surface area (Å²) in [6.07, 6.45) is 5.37. The Morgan fingerprint density at radius 1 is 1.03 bits per heavy atom. The van der Waals surface area contributed by atoms with Crippen molar-refractivity contribution in [3.8, 4) is 5.75 Å². The van der Waals surface area contributed by atoms with Crippen molar-refractivity contribution < 1.29 is 19.4 Å². The summed E-state index contributed by atoms with van der Waals surface area (Å²) < 4.78 is 5.81. The van der Waals surface area contributed by atoms with Gasteiger partial charge in [-0.05, 0) is 53.1 Å². The lowest BCUT2D eigenvalue weighted by Gasteiger charge is -2.34. The van der Waals surface area contributed by atoms with Gasteiger partial charge in [0, 0.05) is 24.7 Å². The van der Waals surface area contributed by atoms with E-state index < -0.39 is 24.0 Å². The third kappa shape index (κ3) is 6.03. The van der Waals surface area contributed by atoms with E-state index in [-0.39, 0.29) is 6.42 Å². The lowest BCUT2D eigenvalue weighted by atomic mass is 10.1. The largest absolute Gasteiger partial charge is 0.489 e. The van der Waals surface area contributed by atoms with Crippen molar-refractivity contribution in [2.45, 2.75) is 25.1 Å². The normalized spacial score (nSPS) is 17.2. The smallest absolute Gasteiger partial charge is 0.326 e. The second-order valence-corrected chi connectivity index (χ2v) is 9.65. The van der Waals surface area contributed by atoms with Gasteiger partial charge in [0.2, 0.25) is 5.91 Å². The van der Waals surface area contributed by atoms with Crippen LogP contribution in [0.25, 0.3) is 5.70 Å².